The summed E-state index contributed by atoms with van der Waals surface area (Å²) in [5.41, 5.74) is 1.95. The highest BCUT2D eigenvalue weighted by atomic mass is 16.5. The van der Waals surface area contributed by atoms with Crippen LogP contribution in [0.25, 0.3) is 0 Å². The summed E-state index contributed by atoms with van der Waals surface area (Å²) >= 11 is 0. The molecule has 1 aromatic rings. The van der Waals surface area contributed by atoms with Gasteiger partial charge >= 0.3 is 0 Å². The lowest BCUT2D eigenvalue weighted by molar-refractivity contribution is -0.119. The van der Waals surface area contributed by atoms with Crippen molar-refractivity contribution in [2.24, 2.45) is 0 Å². The Morgan fingerprint density at radius 1 is 1.44 bits per heavy atom. The number of ether oxygens (including phenoxy) is 1. The summed E-state index contributed by atoms with van der Waals surface area (Å²) in [6.07, 6.45) is 0. The van der Waals surface area contributed by atoms with Gasteiger partial charge in [-0.1, -0.05) is 19.1 Å². The molecule has 1 rings (SSSR count). The van der Waals surface area contributed by atoms with Crippen LogP contribution in [0, 0.1) is 0 Å². The molecule has 0 aromatic heterocycles. The van der Waals surface area contributed by atoms with Gasteiger partial charge in [0.05, 0.1) is 0 Å². The molecule has 0 atom stereocenters. The Kier molecular flexibility index (Phi) is 5.53. The fourth-order valence-corrected chi connectivity index (χ4v) is 1.36. The lowest BCUT2D eigenvalue weighted by Gasteiger charge is -2.07. The van der Waals surface area contributed by atoms with E-state index in [1.165, 1.54) is 7.11 Å². The third-order valence-corrected chi connectivity index (χ3v) is 2.07. The van der Waals surface area contributed by atoms with E-state index in [9.17, 15) is 4.79 Å². The number of methoxy groups -OCH3 is 1. The fraction of sp³-hybridized carbons (Fsp3) is 0.417. The van der Waals surface area contributed by atoms with Crippen LogP contribution in [0.3, 0.4) is 0 Å². The molecule has 4 nitrogen and oxygen atoms in total. The summed E-state index contributed by atoms with van der Waals surface area (Å²) < 4.78 is 4.75. The van der Waals surface area contributed by atoms with E-state index in [-0.39, 0.29) is 12.5 Å². The van der Waals surface area contributed by atoms with E-state index < -0.39 is 0 Å². The van der Waals surface area contributed by atoms with E-state index in [4.69, 9.17) is 4.74 Å². The van der Waals surface area contributed by atoms with Crippen molar-refractivity contribution in [2.45, 2.75) is 13.5 Å². The van der Waals surface area contributed by atoms with Crippen LogP contribution in [0.2, 0.25) is 0 Å². The quantitative estimate of drug-likeness (QED) is 0.764. The molecular formula is C12H18N2O2. The van der Waals surface area contributed by atoms with Crippen LogP contribution in [-0.2, 0) is 16.1 Å². The van der Waals surface area contributed by atoms with Gasteiger partial charge in [0, 0.05) is 19.3 Å². The van der Waals surface area contributed by atoms with Gasteiger partial charge in [-0.2, -0.15) is 0 Å². The molecule has 0 radical (unpaired) electrons. The maximum absolute atomic E-state index is 11.3. The lowest BCUT2D eigenvalue weighted by Crippen LogP contribution is -2.17. The second-order valence-electron chi connectivity index (χ2n) is 3.46. The molecule has 2 N–H and O–H groups in total. The van der Waals surface area contributed by atoms with Gasteiger partial charge in [-0.05, 0) is 24.2 Å². The minimum absolute atomic E-state index is 0.0808. The van der Waals surface area contributed by atoms with Gasteiger partial charge in [0.25, 0.3) is 0 Å². The number of amides is 1. The molecular weight excluding hydrogens is 204 g/mol. The van der Waals surface area contributed by atoms with E-state index in [1.807, 2.05) is 24.3 Å². The predicted molar refractivity (Wildman–Crippen MR) is 64.3 cm³/mol. The Hall–Kier alpha value is -1.39. The zero-order valence-corrected chi connectivity index (χ0v) is 9.75. The predicted octanol–water partition coefficient (Wildman–Crippen LogP) is 1.38. The average Bonchev–Trinajstić information content (AvgIpc) is 2.27. The van der Waals surface area contributed by atoms with Gasteiger partial charge in [-0.3, -0.25) is 4.79 Å². The third kappa shape index (κ3) is 4.42. The average molecular weight is 222 g/mol. The first-order valence-electron chi connectivity index (χ1n) is 5.34. The minimum atomic E-state index is -0.136. The number of rotatable bonds is 6. The standard InChI is InChI=1S/C12H18N2O2/c1-3-13-8-10-5-4-6-11(7-10)14-12(15)9-16-2/h4-7,13H,3,8-9H2,1-2H3,(H,14,15). The Balaban J connectivity index is 2.56. The van der Waals surface area contributed by atoms with E-state index in [1.54, 1.807) is 0 Å². The number of carbonyl (C=O) groups is 1. The summed E-state index contributed by atoms with van der Waals surface area (Å²) in [6.45, 7) is 3.88. The van der Waals surface area contributed by atoms with Gasteiger partial charge in [-0.15, -0.1) is 0 Å². The lowest BCUT2D eigenvalue weighted by atomic mass is 10.2. The van der Waals surface area contributed by atoms with E-state index in [2.05, 4.69) is 17.6 Å². The molecule has 1 amide bonds. The molecule has 0 saturated heterocycles. The molecule has 88 valence electrons. The molecule has 0 fully saturated rings. The zero-order chi connectivity index (χ0) is 11.8. The second kappa shape index (κ2) is 6.98. The minimum Gasteiger partial charge on any atom is -0.375 e. The number of anilines is 1. The Morgan fingerprint density at radius 2 is 2.25 bits per heavy atom. The summed E-state index contributed by atoms with van der Waals surface area (Å²) in [7, 11) is 1.50. The number of carbonyl (C=O) groups excluding carboxylic acids is 1. The van der Waals surface area contributed by atoms with E-state index >= 15 is 0 Å². The molecule has 0 aliphatic carbocycles. The van der Waals surface area contributed by atoms with Gasteiger partial charge in [0.15, 0.2) is 0 Å². The van der Waals surface area contributed by atoms with Crippen LogP contribution in [-0.4, -0.2) is 26.2 Å². The Bertz CT molecular complexity index is 340. The largest absolute Gasteiger partial charge is 0.375 e. The monoisotopic (exact) mass is 222 g/mol. The van der Waals surface area contributed by atoms with Crippen LogP contribution < -0.4 is 10.6 Å². The summed E-state index contributed by atoms with van der Waals surface area (Å²) in [4.78, 5) is 11.3. The Labute approximate surface area is 96.0 Å². The molecule has 0 spiro atoms. The number of hydrogen-bond acceptors (Lipinski definition) is 3. The first-order valence-corrected chi connectivity index (χ1v) is 5.34. The molecule has 0 aliphatic rings. The van der Waals surface area contributed by atoms with Crippen LogP contribution in [0.1, 0.15) is 12.5 Å². The molecule has 0 heterocycles. The Morgan fingerprint density at radius 3 is 2.94 bits per heavy atom. The van der Waals surface area contributed by atoms with Gasteiger partial charge < -0.3 is 15.4 Å². The van der Waals surface area contributed by atoms with Crippen LogP contribution in [0.15, 0.2) is 24.3 Å². The number of hydrogen-bond donors (Lipinski definition) is 2. The maximum Gasteiger partial charge on any atom is 0.250 e. The molecule has 0 aliphatic heterocycles. The normalized spacial score (nSPS) is 10.1. The van der Waals surface area contributed by atoms with Crippen molar-refractivity contribution in [3.05, 3.63) is 29.8 Å². The smallest absolute Gasteiger partial charge is 0.250 e. The van der Waals surface area contributed by atoms with Crippen LogP contribution in [0.5, 0.6) is 0 Å². The first-order chi connectivity index (χ1) is 7.76. The first kappa shape index (κ1) is 12.7. The zero-order valence-electron chi connectivity index (χ0n) is 9.75. The number of benzene rings is 1. The van der Waals surface area contributed by atoms with Crippen LogP contribution >= 0.6 is 0 Å². The number of nitrogens with one attached hydrogen (secondary N) is 2. The summed E-state index contributed by atoms with van der Waals surface area (Å²) in [5, 5.41) is 6.00. The van der Waals surface area contributed by atoms with Crippen molar-refractivity contribution < 1.29 is 9.53 Å². The molecule has 4 heteroatoms. The summed E-state index contributed by atoms with van der Waals surface area (Å²) in [6, 6.07) is 7.77. The van der Waals surface area contributed by atoms with Crippen molar-refractivity contribution in [1.29, 1.82) is 0 Å². The topological polar surface area (TPSA) is 50.4 Å². The molecule has 0 unspecified atom stereocenters. The van der Waals surface area contributed by atoms with Crippen molar-refractivity contribution >= 4 is 11.6 Å². The van der Waals surface area contributed by atoms with Gasteiger partial charge in [0.1, 0.15) is 6.61 Å². The third-order valence-electron chi connectivity index (χ3n) is 2.07. The fourth-order valence-electron chi connectivity index (χ4n) is 1.36. The highest BCUT2D eigenvalue weighted by Gasteiger charge is 2.01. The van der Waals surface area contributed by atoms with Gasteiger partial charge in [0.2, 0.25) is 5.91 Å². The highest BCUT2D eigenvalue weighted by Crippen LogP contribution is 2.10. The van der Waals surface area contributed by atoms with E-state index in [0.29, 0.717) is 0 Å². The maximum atomic E-state index is 11.3. The van der Waals surface area contributed by atoms with Crippen molar-refractivity contribution in [3.8, 4) is 0 Å². The van der Waals surface area contributed by atoms with Crippen molar-refractivity contribution in [2.75, 3.05) is 25.6 Å². The van der Waals surface area contributed by atoms with Crippen LogP contribution in [0.4, 0.5) is 5.69 Å². The molecule has 16 heavy (non-hydrogen) atoms. The molecule has 1 aromatic carbocycles. The van der Waals surface area contributed by atoms with Gasteiger partial charge in [-0.25, -0.2) is 0 Å². The molecule has 0 bridgehead atoms. The van der Waals surface area contributed by atoms with Crippen molar-refractivity contribution in [1.82, 2.24) is 5.32 Å². The SMILES string of the molecule is CCNCc1cccc(NC(=O)COC)c1. The van der Waals surface area contributed by atoms with E-state index in [0.717, 1.165) is 24.3 Å². The highest BCUT2D eigenvalue weighted by molar-refractivity contribution is 5.91. The van der Waals surface area contributed by atoms with Crippen molar-refractivity contribution in [3.63, 3.8) is 0 Å². The molecule has 0 saturated carbocycles. The second-order valence-corrected chi connectivity index (χ2v) is 3.46. The summed E-state index contributed by atoms with van der Waals surface area (Å²) in [5.74, 6) is -0.136.